The quantitative estimate of drug-likeness (QED) is 0.505. The smallest absolute Gasteiger partial charge is 0.221 e. The molecule has 1 amide bonds. The zero-order valence-corrected chi connectivity index (χ0v) is 20.0. The van der Waals surface area contributed by atoms with Gasteiger partial charge in [0.25, 0.3) is 0 Å². The molecular weight excluding hydrogens is 428 g/mol. The van der Waals surface area contributed by atoms with Crippen LogP contribution in [0.25, 0.3) is 0 Å². The number of ether oxygens (including phenoxy) is 2. The van der Waals surface area contributed by atoms with E-state index in [-0.39, 0.29) is 24.7 Å². The molecule has 1 aliphatic heterocycles. The first-order chi connectivity index (χ1) is 16.6. The van der Waals surface area contributed by atoms with E-state index in [1.807, 2.05) is 54.6 Å². The highest BCUT2D eigenvalue weighted by Gasteiger charge is 2.34. The number of hydrogen-bond donors (Lipinski definition) is 2. The Morgan fingerprint density at radius 2 is 1.91 bits per heavy atom. The van der Waals surface area contributed by atoms with Gasteiger partial charge in [0.05, 0.1) is 18.8 Å². The van der Waals surface area contributed by atoms with Crippen LogP contribution in [0.5, 0.6) is 0 Å². The summed E-state index contributed by atoms with van der Waals surface area (Å²) in [4.78, 5) is 14.1. The first kappa shape index (κ1) is 24.6. The summed E-state index contributed by atoms with van der Waals surface area (Å²) in [5, 5.41) is 12.3. The molecule has 2 fully saturated rings. The van der Waals surface area contributed by atoms with E-state index < -0.39 is 6.29 Å². The minimum absolute atomic E-state index is 0.00811. The summed E-state index contributed by atoms with van der Waals surface area (Å²) >= 11 is 0. The lowest BCUT2D eigenvalue weighted by atomic mass is 9.99. The van der Waals surface area contributed by atoms with Gasteiger partial charge in [-0.25, -0.2) is 0 Å². The van der Waals surface area contributed by atoms with Crippen molar-refractivity contribution in [1.82, 2.24) is 4.90 Å². The summed E-state index contributed by atoms with van der Waals surface area (Å²) in [7, 11) is 0. The third-order valence-electron chi connectivity index (χ3n) is 6.74. The zero-order valence-electron chi connectivity index (χ0n) is 20.0. The average molecular weight is 465 g/mol. The normalized spacial score (nSPS) is 23.2. The van der Waals surface area contributed by atoms with Crippen LogP contribution in [0.2, 0.25) is 0 Å². The molecule has 0 bridgehead atoms. The Morgan fingerprint density at radius 3 is 2.59 bits per heavy atom. The summed E-state index contributed by atoms with van der Waals surface area (Å²) < 4.78 is 13.0. The van der Waals surface area contributed by atoms with Crippen LogP contribution in [0.1, 0.15) is 68.1 Å². The Balaban J connectivity index is 1.57. The Kier molecular flexibility index (Phi) is 8.51. The van der Waals surface area contributed by atoms with Gasteiger partial charge in [0.15, 0.2) is 6.29 Å². The van der Waals surface area contributed by atoms with Gasteiger partial charge in [-0.2, -0.15) is 0 Å². The second kappa shape index (κ2) is 11.8. The summed E-state index contributed by atoms with van der Waals surface area (Å²) in [6.45, 7) is 7.18. The average Bonchev–Trinajstić information content (AvgIpc) is 3.38. The number of amides is 1. The minimum atomic E-state index is -0.538. The molecule has 6 nitrogen and oxygen atoms in total. The lowest BCUT2D eigenvalue weighted by Crippen LogP contribution is -2.43. The van der Waals surface area contributed by atoms with Crippen molar-refractivity contribution in [1.29, 1.82) is 0 Å². The molecule has 0 spiro atoms. The lowest BCUT2D eigenvalue weighted by molar-refractivity contribution is -0.253. The maximum absolute atomic E-state index is 11.5. The molecule has 0 aromatic heterocycles. The van der Waals surface area contributed by atoms with Crippen molar-refractivity contribution < 1.29 is 19.4 Å². The summed E-state index contributed by atoms with van der Waals surface area (Å²) in [5.74, 6) is -0.112. The molecule has 182 valence electrons. The number of hydrogen-bond acceptors (Lipinski definition) is 5. The summed E-state index contributed by atoms with van der Waals surface area (Å²) in [6.07, 6.45) is 7.08. The molecule has 3 atom stereocenters. The van der Waals surface area contributed by atoms with Crippen molar-refractivity contribution in [2.75, 3.05) is 18.4 Å². The third-order valence-corrected chi connectivity index (χ3v) is 6.74. The van der Waals surface area contributed by atoms with Crippen molar-refractivity contribution in [2.45, 2.75) is 70.2 Å². The van der Waals surface area contributed by atoms with E-state index >= 15 is 0 Å². The van der Waals surface area contributed by atoms with Gasteiger partial charge >= 0.3 is 0 Å². The number of aliphatic hydroxyl groups excluding tert-OH is 1. The first-order valence-electron chi connectivity index (χ1n) is 12.3. The van der Waals surface area contributed by atoms with Crippen molar-refractivity contribution in [3.63, 3.8) is 0 Å². The minimum Gasteiger partial charge on any atom is -0.392 e. The van der Waals surface area contributed by atoms with Crippen LogP contribution < -0.4 is 5.32 Å². The Morgan fingerprint density at radius 1 is 1.15 bits per heavy atom. The molecule has 1 heterocycles. The van der Waals surface area contributed by atoms with Crippen LogP contribution in [0.3, 0.4) is 0 Å². The standard InChI is InChI=1S/C28H36N2O4/c1-3-15-30(25-9-4-5-10-25)18-26-17-27(22-13-11-21(19-31)12-14-22)34-28(33-26)23-7-6-8-24(16-23)29-20(2)32/h3,6-8,11-14,16,25-28,31H,1,4-5,9-10,15,17-19H2,2H3,(H,29,32)/t26-,27+,28+/m1/s1. The van der Waals surface area contributed by atoms with Crippen molar-refractivity contribution in [3.8, 4) is 0 Å². The molecule has 34 heavy (non-hydrogen) atoms. The molecule has 0 unspecified atom stereocenters. The molecule has 2 aliphatic rings. The maximum atomic E-state index is 11.5. The Bertz CT molecular complexity index is 955. The van der Waals surface area contributed by atoms with Crippen molar-refractivity contribution in [3.05, 3.63) is 77.9 Å². The van der Waals surface area contributed by atoms with Gasteiger partial charge in [0.1, 0.15) is 0 Å². The fourth-order valence-corrected chi connectivity index (χ4v) is 5.07. The van der Waals surface area contributed by atoms with E-state index in [0.717, 1.165) is 41.9 Å². The number of carbonyl (C=O) groups is 1. The van der Waals surface area contributed by atoms with Crippen molar-refractivity contribution in [2.24, 2.45) is 0 Å². The second-order valence-electron chi connectivity index (χ2n) is 9.34. The summed E-state index contributed by atoms with van der Waals surface area (Å²) in [5.41, 5.74) is 3.56. The van der Waals surface area contributed by atoms with Crippen LogP contribution in [0.4, 0.5) is 5.69 Å². The Labute approximate surface area is 202 Å². The van der Waals surface area contributed by atoms with Gasteiger partial charge in [0.2, 0.25) is 5.91 Å². The van der Waals surface area contributed by atoms with Crippen LogP contribution in [0.15, 0.2) is 61.2 Å². The number of carbonyl (C=O) groups excluding carboxylic acids is 1. The number of nitrogens with one attached hydrogen (secondary N) is 1. The van der Waals surface area contributed by atoms with Crippen LogP contribution >= 0.6 is 0 Å². The van der Waals surface area contributed by atoms with Crippen LogP contribution in [-0.4, -0.2) is 41.1 Å². The predicted molar refractivity (Wildman–Crippen MR) is 133 cm³/mol. The lowest BCUT2D eigenvalue weighted by Gasteiger charge is -2.39. The Hall–Kier alpha value is -2.51. The van der Waals surface area contributed by atoms with E-state index in [1.165, 1.54) is 32.6 Å². The molecule has 4 rings (SSSR count). The summed E-state index contributed by atoms with van der Waals surface area (Å²) in [6, 6.07) is 16.2. The number of rotatable bonds is 9. The van der Waals surface area contributed by atoms with E-state index in [1.54, 1.807) is 0 Å². The molecule has 2 N–H and O–H groups in total. The predicted octanol–water partition coefficient (Wildman–Crippen LogP) is 5.11. The van der Waals surface area contributed by atoms with E-state index in [2.05, 4.69) is 16.8 Å². The third kappa shape index (κ3) is 6.33. The first-order valence-corrected chi connectivity index (χ1v) is 12.3. The molecule has 1 saturated heterocycles. The molecule has 2 aromatic rings. The molecule has 6 heteroatoms. The largest absolute Gasteiger partial charge is 0.392 e. The van der Waals surface area contributed by atoms with Gasteiger partial charge in [-0.3, -0.25) is 9.69 Å². The second-order valence-corrected chi connectivity index (χ2v) is 9.34. The van der Waals surface area contributed by atoms with Crippen LogP contribution in [0, 0.1) is 0 Å². The highest BCUT2D eigenvalue weighted by molar-refractivity contribution is 5.88. The highest BCUT2D eigenvalue weighted by Crippen LogP contribution is 2.39. The number of aliphatic hydroxyl groups is 1. The van der Waals surface area contributed by atoms with E-state index in [0.29, 0.717) is 6.04 Å². The number of nitrogens with zero attached hydrogens (tertiary/aromatic N) is 1. The van der Waals surface area contributed by atoms with Gasteiger partial charge in [0, 0.05) is 43.7 Å². The van der Waals surface area contributed by atoms with Gasteiger partial charge in [-0.15, -0.1) is 6.58 Å². The zero-order chi connectivity index (χ0) is 23.9. The van der Waals surface area contributed by atoms with E-state index in [9.17, 15) is 9.90 Å². The SMILES string of the molecule is C=CCN(C[C@H]1C[C@@H](c2ccc(CO)cc2)O[C@@H](c2cccc(NC(C)=O)c2)O1)C1CCCC1. The maximum Gasteiger partial charge on any atom is 0.221 e. The molecule has 0 radical (unpaired) electrons. The molecule has 1 aliphatic carbocycles. The number of benzene rings is 2. The van der Waals surface area contributed by atoms with Crippen LogP contribution in [-0.2, 0) is 20.9 Å². The highest BCUT2D eigenvalue weighted by atomic mass is 16.7. The van der Waals surface area contributed by atoms with Gasteiger partial charge in [-0.1, -0.05) is 55.3 Å². The van der Waals surface area contributed by atoms with Gasteiger partial charge in [-0.05, 0) is 36.1 Å². The molecule has 2 aromatic carbocycles. The van der Waals surface area contributed by atoms with Gasteiger partial charge < -0.3 is 19.9 Å². The van der Waals surface area contributed by atoms with Crippen molar-refractivity contribution >= 4 is 11.6 Å². The molecular formula is C28H36N2O4. The topological polar surface area (TPSA) is 71.0 Å². The molecule has 1 saturated carbocycles. The number of anilines is 1. The fourth-order valence-electron chi connectivity index (χ4n) is 5.07. The van der Waals surface area contributed by atoms with E-state index in [4.69, 9.17) is 9.47 Å². The fraction of sp³-hybridized carbons (Fsp3) is 0.464. The monoisotopic (exact) mass is 464 g/mol.